The smallest absolute Gasteiger partial charge is 0.116 e. The van der Waals surface area contributed by atoms with Crippen molar-refractivity contribution in [3.8, 4) is 0 Å². The topological polar surface area (TPSA) is 51.8 Å². The number of nitrogens with zero attached hydrogens (tertiary/aromatic N) is 2. The van der Waals surface area contributed by atoms with E-state index in [0.717, 1.165) is 10.8 Å². The van der Waals surface area contributed by atoms with E-state index in [1.807, 2.05) is 6.07 Å². The van der Waals surface area contributed by atoms with Gasteiger partial charge in [-0.1, -0.05) is 20.8 Å². The predicted molar refractivity (Wildman–Crippen MR) is 60.2 cm³/mol. The van der Waals surface area contributed by atoms with Crippen molar-refractivity contribution in [1.29, 1.82) is 0 Å². The molecule has 0 amide bonds. The number of aromatic nitrogens is 2. The van der Waals surface area contributed by atoms with Gasteiger partial charge in [-0.2, -0.15) is 0 Å². The summed E-state index contributed by atoms with van der Waals surface area (Å²) in [6.45, 7) is 6.45. The van der Waals surface area contributed by atoms with Crippen LogP contribution in [-0.2, 0) is 0 Å². The van der Waals surface area contributed by atoms with E-state index in [4.69, 9.17) is 5.73 Å². The van der Waals surface area contributed by atoms with Gasteiger partial charge in [0.1, 0.15) is 6.33 Å². The van der Waals surface area contributed by atoms with Gasteiger partial charge in [0.05, 0.1) is 5.03 Å². The molecular formula is C10H17N3S. The summed E-state index contributed by atoms with van der Waals surface area (Å²) in [5.41, 5.74) is 6.19. The quantitative estimate of drug-likeness (QED) is 0.613. The van der Waals surface area contributed by atoms with Crippen molar-refractivity contribution in [3.63, 3.8) is 0 Å². The second-order valence-corrected chi connectivity index (χ2v) is 5.37. The van der Waals surface area contributed by atoms with Gasteiger partial charge in [0.2, 0.25) is 0 Å². The van der Waals surface area contributed by atoms with Crippen LogP contribution in [0.4, 0.5) is 0 Å². The molecule has 0 spiro atoms. The van der Waals surface area contributed by atoms with Crippen molar-refractivity contribution in [3.05, 3.63) is 18.6 Å². The van der Waals surface area contributed by atoms with Crippen molar-refractivity contribution in [1.82, 2.24) is 9.97 Å². The van der Waals surface area contributed by atoms with E-state index >= 15 is 0 Å². The molecule has 0 saturated carbocycles. The summed E-state index contributed by atoms with van der Waals surface area (Å²) in [6, 6.07) is 2.09. The van der Waals surface area contributed by atoms with Gasteiger partial charge in [-0.15, -0.1) is 11.8 Å². The monoisotopic (exact) mass is 211 g/mol. The Morgan fingerprint density at radius 2 is 2.21 bits per heavy atom. The Labute approximate surface area is 89.5 Å². The molecule has 14 heavy (non-hydrogen) atoms. The molecule has 1 heterocycles. The van der Waals surface area contributed by atoms with E-state index in [1.54, 1.807) is 24.3 Å². The largest absolute Gasteiger partial charge is 0.326 e. The van der Waals surface area contributed by atoms with Crippen LogP contribution in [0, 0.1) is 5.41 Å². The first-order valence-electron chi connectivity index (χ1n) is 4.64. The van der Waals surface area contributed by atoms with Crippen LogP contribution in [0.1, 0.15) is 20.8 Å². The molecule has 0 radical (unpaired) electrons. The molecule has 0 aliphatic heterocycles. The molecule has 2 N–H and O–H groups in total. The molecule has 4 heteroatoms. The van der Waals surface area contributed by atoms with Crippen molar-refractivity contribution in [2.24, 2.45) is 11.1 Å². The third-order valence-electron chi connectivity index (χ3n) is 2.08. The zero-order chi connectivity index (χ0) is 10.6. The zero-order valence-electron chi connectivity index (χ0n) is 8.90. The Bertz CT molecular complexity index is 268. The van der Waals surface area contributed by atoms with Gasteiger partial charge in [0.15, 0.2) is 0 Å². The first kappa shape index (κ1) is 11.5. The summed E-state index contributed by atoms with van der Waals surface area (Å²) in [5, 5.41) is 0.986. The third-order valence-corrected chi connectivity index (χ3v) is 3.14. The fourth-order valence-electron chi connectivity index (χ4n) is 0.789. The van der Waals surface area contributed by atoms with Crippen LogP contribution >= 0.6 is 11.8 Å². The van der Waals surface area contributed by atoms with Crippen LogP contribution in [0.5, 0.6) is 0 Å². The number of rotatable bonds is 3. The molecule has 0 bridgehead atoms. The first-order valence-corrected chi connectivity index (χ1v) is 5.63. The van der Waals surface area contributed by atoms with E-state index in [2.05, 4.69) is 30.7 Å². The first-order chi connectivity index (χ1) is 6.50. The molecule has 0 fully saturated rings. The lowest BCUT2D eigenvalue weighted by Gasteiger charge is -2.26. The van der Waals surface area contributed by atoms with Crippen LogP contribution in [0.15, 0.2) is 23.6 Å². The van der Waals surface area contributed by atoms with Gasteiger partial charge in [-0.05, 0) is 11.5 Å². The Balaban J connectivity index is 2.42. The Morgan fingerprint density at radius 3 is 2.71 bits per heavy atom. The van der Waals surface area contributed by atoms with Crippen molar-refractivity contribution in [2.45, 2.75) is 31.8 Å². The highest BCUT2D eigenvalue weighted by atomic mass is 32.2. The lowest BCUT2D eigenvalue weighted by atomic mass is 9.89. The molecule has 3 nitrogen and oxygen atoms in total. The highest BCUT2D eigenvalue weighted by molar-refractivity contribution is 7.99. The molecule has 1 aromatic rings. The average Bonchev–Trinajstić information content (AvgIpc) is 2.14. The van der Waals surface area contributed by atoms with Crippen LogP contribution in [0.25, 0.3) is 0 Å². The minimum atomic E-state index is 0.153. The zero-order valence-corrected chi connectivity index (χ0v) is 9.71. The second kappa shape index (κ2) is 4.75. The van der Waals surface area contributed by atoms with Gasteiger partial charge < -0.3 is 5.73 Å². The molecule has 1 aromatic heterocycles. The summed E-state index contributed by atoms with van der Waals surface area (Å²) < 4.78 is 0. The molecule has 0 aliphatic carbocycles. The van der Waals surface area contributed by atoms with E-state index in [0.29, 0.717) is 0 Å². The Hall–Kier alpha value is -0.610. The molecule has 0 aliphatic rings. The van der Waals surface area contributed by atoms with E-state index in [1.165, 1.54) is 0 Å². The fourth-order valence-corrected chi connectivity index (χ4v) is 1.92. The van der Waals surface area contributed by atoms with Gasteiger partial charge in [-0.25, -0.2) is 9.97 Å². The van der Waals surface area contributed by atoms with Gasteiger partial charge in [0, 0.05) is 18.0 Å². The maximum Gasteiger partial charge on any atom is 0.116 e. The molecule has 0 saturated heterocycles. The molecule has 1 unspecified atom stereocenters. The van der Waals surface area contributed by atoms with Gasteiger partial charge in [0.25, 0.3) is 0 Å². The van der Waals surface area contributed by atoms with Crippen molar-refractivity contribution < 1.29 is 0 Å². The minimum Gasteiger partial charge on any atom is -0.326 e. The van der Waals surface area contributed by atoms with Gasteiger partial charge >= 0.3 is 0 Å². The Kier molecular flexibility index (Phi) is 3.89. The number of nitrogens with two attached hydrogens (primary N) is 1. The van der Waals surface area contributed by atoms with Gasteiger partial charge in [-0.3, -0.25) is 0 Å². The summed E-state index contributed by atoms with van der Waals surface area (Å²) in [7, 11) is 0. The fraction of sp³-hybridized carbons (Fsp3) is 0.600. The number of hydrogen-bond acceptors (Lipinski definition) is 4. The molecule has 1 rings (SSSR count). The molecule has 0 aromatic carbocycles. The highest BCUT2D eigenvalue weighted by Gasteiger charge is 2.20. The summed E-state index contributed by atoms with van der Waals surface area (Å²) in [5.74, 6) is 0.889. The summed E-state index contributed by atoms with van der Waals surface area (Å²) >= 11 is 1.68. The maximum absolute atomic E-state index is 6.03. The van der Waals surface area contributed by atoms with E-state index < -0.39 is 0 Å². The second-order valence-electron chi connectivity index (χ2n) is 4.33. The highest BCUT2D eigenvalue weighted by Crippen LogP contribution is 2.23. The summed E-state index contributed by atoms with van der Waals surface area (Å²) in [4.78, 5) is 7.99. The lowest BCUT2D eigenvalue weighted by Crippen LogP contribution is -2.37. The predicted octanol–water partition coefficient (Wildman–Crippen LogP) is 1.94. The standard InChI is InChI=1S/C10H17N3S/c1-10(2,3)8(11)6-14-9-4-5-12-7-13-9/h4-5,7-8H,6,11H2,1-3H3. The molecule has 1 atom stereocenters. The molecular weight excluding hydrogens is 194 g/mol. The van der Waals surface area contributed by atoms with Crippen molar-refractivity contribution >= 4 is 11.8 Å². The van der Waals surface area contributed by atoms with Crippen LogP contribution < -0.4 is 5.73 Å². The normalized spacial score (nSPS) is 14.0. The minimum absolute atomic E-state index is 0.153. The van der Waals surface area contributed by atoms with Crippen LogP contribution in [-0.4, -0.2) is 21.8 Å². The number of hydrogen-bond donors (Lipinski definition) is 1. The molecule has 78 valence electrons. The van der Waals surface area contributed by atoms with E-state index in [-0.39, 0.29) is 11.5 Å². The van der Waals surface area contributed by atoms with Crippen molar-refractivity contribution in [2.75, 3.05) is 5.75 Å². The third kappa shape index (κ3) is 3.64. The Morgan fingerprint density at radius 1 is 1.50 bits per heavy atom. The maximum atomic E-state index is 6.03. The van der Waals surface area contributed by atoms with E-state index in [9.17, 15) is 0 Å². The SMILES string of the molecule is CC(C)(C)C(N)CSc1ccncn1. The summed E-state index contributed by atoms with van der Waals surface area (Å²) in [6.07, 6.45) is 3.31. The van der Waals surface area contributed by atoms with Crippen LogP contribution in [0.3, 0.4) is 0 Å². The average molecular weight is 211 g/mol. The lowest BCUT2D eigenvalue weighted by molar-refractivity contribution is 0.344. The number of thioether (sulfide) groups is 1. The van der Waals surface area contributed by atoms with Crippen LogP contribution in [0.2, 0.25) is 0 Å².